The first-order valence-corrected chi connectivity index (χ1v) is 47.2. The first-order chi connectivity index (χ1) is 66.3. The van der Waals surface area contributed by atoms with Crippen molar-refractivity contribution in [2.45, 2.75) is 52.4 Å². The summed E-state index contributed by atoms with van der Waals surface area (Å²) in [7, 11) is 0. The van der Waals surface area contributed by atoms with E-state index >= 15 is 0 Å². The van der Waals surface area contributed by atoms with Crippen LogP contribution in [0.1, 0.15) is 52.7 Å². The van der Waals surface area contributed by atoms with Gasteiger partial charge in [0.15, 0.2) is 0 Å². The first-order valence-electron chi connectivity index (χ1n) is 47.2. The first kappa shape index (κ1) is 80.6. The molecule has 135 heavy (non-hydrogen) atoms. The van der Waals surface area contributed by atoms with Crippen molar-refractivity contribution in [3.63, 3.8) is 0 Å². The van der Waals surface area contributed by atoms with Gasteiger partial charge in [-0.25, -0.2) is 0 Å². The molecule has 0 fully saturated rings. The van der Waals surface area contributed by atoms with Crippen molar-refractivity contribution in [1.82, 2.24) is 4.57 Å². The van der Waals surface area contributed by atoms with Crippen molar-refractivity contribution in [3.05, 3.63) is 472 Å². The van der Waals surface area contributed by atoms with E-state index in [4.69, 9.17) is 4.74 Å². The lowest BCUT2D eigenvalue weighted by Crippen LogP contribution is -2.64. The molecule has 0 unspecified atom stereocenters. The highest BCUT2D eigenvalue weighted by Gasteiger charge is 2.51. The Labute approximate surface area is 790 Å². The fourth-order valence-corrected chi connectivity index (χ4v) is 22.0. The van der Waals surface area contributed by atoms with Gasteiger partial charge < -0.3 is 24.0 Å². The van der Waals surface area contributed by atoms with Crippen LogP contribution in [0.25, 0.3) is 139 Å². The van der Waals surface area contributed by atoms with Gasteiger partial charge in [-0.2, -0.15) is 0 Å². The van der Waals surface area contributed by atoms with Gasteiger partial charge in [-0.1, -0.05) is 406 Å². The van der Waals surface area contributed by atoms with Crippen molar-refractivity contribution in [3.8, 4) is 128 Å². The summed E-state index contributed by atoms with van der Waals surface area (Å²) in [6, 6.07) is 174. The predicted octanol–water partition coefficient (Wildman–Crippen LogP) is 30.5. The zero-order chi connectivity index (χ0) is 90.3. The number of nitrogens with zero attached hydrogens (tertiary/aromatic N) is 4. The Morgan fingerprint density at radius 2 is 0.489 bits per heavy atom. The second-order valence-electron chi connectivity index (χ2n) is 38.6. The SMILES string of the molecule is CC(C)(C)c1cc2c3c(c1)N(c1c(-c4ccccc4)cc(-c4ccccc4)cc1-c1ccccc1)c1cc(-c4ccccc4)ccc1B3c1cc3c(cc1O2)N(c1c(-c2ccccc2)cc(-c2ccccc2)cc1-c1ccccc1)c1cc(C(C)(C)C)cc2c1B3c1ccc(-n3c4ccccc4c4ccccc43)cc1N2c1c(-c2ccccc2)cc(-c2ccccc2)cc1-c1ccccc1. The zero-order valence-corrected chi connectivity index (χ0v) is 76.2. The van der Waals surface area contributed by atoms with E-state index in [0.29, 0.717) is 0 Å². The van der Waals surface area contributed by atoms with E-state index in [0.717, 1.165) is 213 Å². The number of rotatable bonds is 14. The maximum atomic E-state index is 8.35. The monoisotopic (exact) mass is 1720 g/mol. The van der Waals surface area contributed by atoms with E-state index in [2.05, 4.69) is 522 Å². The Bertz CT molecular complexity index is 8010. The lowest BCUT2D eigenvalue weighted by Gasteiger charge is -2.47. The number of fused-ring (bicyclic) bond motifs is 11. The summed E-state index contributed by atoms with van der Waals surface area (Å²) < 4.78 is 10.9. The van der Waals surface area contributed by atoms with Crippen LogP contribution in [0.5, 0.6) is 11.5 Å². The summed E-state index contributed by atoms with van der Waals surface area (Å²) in [4.78, 5) is 8.12. The minimum atomic E-state index is -0.422. The molecule has 5 nitrogen and oxygen atoms in total. The Morgan fingerprint density at radius 1 is 0.200 bits per heavy atom. The molecule has 4 aliphatic heterocycles. The Kier molecular flexibility index (Phi) is 19.2. The summed E-state index contributed by atoms with van der Waals surface area (Å²) >= 11 is 0. The van der Waals surface area contributed by atoms with Crippen LogP contribution in [-0.4, -0.2) is 18.0 Å². The molecular weight excluding hydrogens is 1630 g/mol. The average molecular weight is 1730 g/mol. The predicted molar refractivity (Wildman–Crippen MR) is 572 cm³/mol. The van der Waals surface area contributed by atoms with E-state index in [1.807, 2.05) is 0 Å². The third kappa shape index (κ3) is 13.6. The molecule has 0 spiro atoms. The van der Waals surface area contributed by atoms with Gasteiger partial charge in [0.1, 0.15) is 11.5 Å². The maximum Gasteiger partial charge on any atom is 0.256 e. The Morgan fingerprint density at radius 3 is 0.844 bits per heavy atom. The lowest BCUT2D eigenvalue weighted by molar-refractivity contribution is 0.483. The van der Waals surface area contributed by atoms with Crippen LogP contribution < -0.4 is 52.2 Å². The average Bonchev–Trinajstić information content (AvgIpc) is 1.48. The van der Waals surface area contributed by atoms with Gasteiger partial charge in [0.2, 0.25) is 0 Å². The van der Waals surface area contributed by atoms with Gasteiger partial charge in [-0.05, 0) is 224 Å². The van der Waals surface area contributed by atoms with Crippen LogP contribution in [0, 0.1) is 0 Å². The summed E-state index contributed by atoms with van der Waals surface area (Å²) in [5.74, 6) is 1.64. The molecule has 0 saturated heterocycles. The number of hydrogen-bond acceptors (Lipinski definition) is 4. The number of anilines is 9. The quantitative estimate of drug-likeness (QED) is 0.101. The van der Waals surface area contributed by atoms with Crippen LogP contribution in [0.2, 0.25) is 0 Å². The Balaban J connectivity index is 0.844. The molecule has 0 bridgehead atoms. The Hall–Kier alpha value is -16.5. The third-order valence-corrected chi connectivity index (χ3v) is 28.5. The fraction of sp³-hybridized carbons (Fsp3) is 0.0625. The van der Waals surface area contributed by atoms with E-state index in [-0.39, 0.29) is 12.1 Å². The minimum Gasteiger partial charge on any atom is -0.458 e. The maximum absolute atomic E-state index is 8.35. The summed E-state index contributed by atoms with van der Waals surface area (Å²) in [5, 5.41) is 2.41. The molecule has 5 heterocycles. The van der Waals surface area contributed by atoms with Gasteiger partial charge in [-0.3, -0.25) is 0 Å². The van der Waals surface area contributed by atoms with Gasteiger partial charge in [0.05, 0.1) is 28.1 Å². The van der Waals surface area contributed by atoms with E-state index < -0.39 is 12.1 Å². The summed E-state index contributed by atoms with van der Waals surface area (Å²) in [5.41, 5.74) is 43.8. The van der Waals surface area contributed by atoms with Gasteiger partial charge >= 0.3 is 0 Å². The standard InChI is InChI=1S/C128H94B2N4O/c1-127(2,3)97-76-117-122-118(77-97)134(126-106(91-57-33-15-34-58-91)73-96(86-47-23-10-24-48-86)74-107(126)92-59-35-16-36-60-92)116-82-120-111(81-110(116)129(122)109-68-66-99(131-112-63-39-37-61-100(112)101-62-38-40-64-113(101)131)80-115(109)133(117)125-104(89-53-29-13-30-54-89)71-95(85-45-21-9-22-46-85)72-105(125)90-55-31-14-32-56-90)130-108-67-65-93(83-41-17-7-18-42-83)75-114(108)132(119-78-98(128(4,5)6)79-121(135-120)123(119)130)124-102(87-49-25-11-26-50-87)69-94(84-43-19-8-20-44-84)70-103(124)88-51-27-12-28-52-88/h7-82H,1-6H3. The van der Waals surface area contributed by atoms with E-state index in [1.165, 1.54) is 32.7 Å². The van der Waals surface area contributed by atoms with E-state index in [9.17, 15) is 0 Å². The lowest BCUT2D eigenvalue weighted by atomic mass is 9.30. The molecule has 20 aromatic carbocycles. The zero-order valence-electron chi connectivity index (χ0n) is 76.2. The molecule has 0 radical (unpaired) electrons. The number of benzene rings is 20. The van der Waals surface area contributed by atoms with E-state index in [1.54, 1.807) is 0 Å². The molecule has 4 aliphatic rings. The molecule has 0 N–H and O–H groups in total. The molecule has 0 saturated carbocycles. The van der Waals surface area contributed by atoms with Crippen LogP contribution >= 0.6 is 0 Å². The van der Waals surface area contributed by atoms with Crippen molar-refractivity contribution in [2.75, 3.05) is 14.7 Å². The molecular formula is C128H94B2N4O. The van der Waals surface area contributed by atoms with Crippen LogP contribution in [0.4, 0.5) is 51.2 Å². The number of aromatic nitrogens is 1. The van der Waals surface area contributed by atoms with Crippen molar-refractivity contribution in [1.29, 1.82) is 0 Å². The highest BCUT2D eigenvalue weighted by atomic mass is 16.5. The van der Waals surface area contributed by atoms with Gasteiger partial charge in [0.25, 0.3) is 13.4 Å². The molecule has 7 heteroatoms. The summed E-state index contributed by atoms with van der Waals surface area (Å²) in [6.45, 7) is 13.5. The highest BCUT2D eigenvalue weighted by Crippen LogP contribution is 2.58. The largest absolute Gasteiger partial charge is 0.458 e. The molecule has 0 aliphatic carbocycles. The molecule has 25 rings (SSSR count). The number of ether oxygens (including phenoxy) is 1. The van der Waals surface area contributed by atoms with Crippen molar-refractivity contribution in [2.24, 2.45) is 0 Å². The molecule has 1 aromatic heterocycles. The number of hydrogen-bond donors (Lipinski definition) is 0. The van der Waals surface area contributed by atoms with Gasteiger partial charge in [0, 0.05) is 90.0 Å². The van der Waals surface area contributed by atoms with Crippen LogP contribution in [-0.2, 0) is 10.8 Å². The van der Waals surface area contributed by atoms with Gasteiger partial charge in [-0.15, -0.1) is 0 Å². The second kappa shape index (κ2) is 32.2. The van der Waals surface area contributed by atoms with Crippen LogP contribution in [0.3, 0.4) is 0 Å². The molecule has 638 valence electrons. The fourth-order valence-electron chi connectivity index (χ4n) is 22.0. The van der Waals surface area contributed by atoms with Crippen molar-refractivity contribution < 1.29 is 4.74 Å². The summed E-state index contributed by atoms with van der Waals surface area (Å²) in [6.07, 6.45) is 0. The smallest absolute Gasteiger partial charge is 0.256 e. The minimum absolute atomic E-state index is 0.353. The number of para-hydroxylation sites is 2. The van der Waals surface area contributed by atoms with Crippen molar-refractivity contribution >= 4 is 119 Å². The topological polar surface area (TPSA) is 23.9 Å². The highest BCUT2D eigenvalue weighted by molar-refractivity contribution is 7.02. The van der Waals surface area contributed by atoms with Crippen LogP contribution in [0.15, 0.2) is 461 Å². The normalized spacial score (nSPS) is 12.8. The molecule has 0 amide bonds. The third-order valence-electron chi connectivity index (χ3n) is 28.5. The second-order valence-corrected chi connectivity index (χ2v) is 38.6. The molecule has 21 aromatic rings. The molecule has 0 atom stereocenters.